The Morgan fingerprint density at radius 1 is 1.25 bits per heavy atom. The molecule has 24 heavy (non-hydrogen) atoms. The van der Waals surface area contributed by atoms with Gasteiger partial charge in [-0.25, -0.2) is 4.79 Å². The summed E-state index contributed by atoms with van der Waals surface area (Å²) in [6.45, 7) is 10.6. The summed E-state index contributed by atoms with van der Waals surface area (Å²) >= 11 is 0. The van der Waals surface area contributed by atoms with Crippen LogP contribution in [0.25, 0.3) is 6.08 Å². The molecule has 1 aromatic heterocycles. The molecule has 1 rings (SSSR count). The van der Waals surface area contributed by atoms with Gasteiger partial charge in [0.2, 0.25) is 0 Å². The van der Waals surface area contributed by atoms with E-state index in [2.05, 4.69) is 13.8 Å². The zero-order valence-electron chi connectivity index (χ0n) is 15.4. The Balaban J connectivity index is 3.22. The van der Waals surface area contributed by atoms with E-state index in [-0.39, 0.29) is 11.5 Å². The predicted octanol–water partition coefficient (Wildman–Crippen LogP) is 3.70. The highest BCUT2D eigenvalue weighted by Crippen LogP contribution is 2.19. The lowest BCUT2D eigenvalue weighted by Crippen LogP contribution is -2.31. The summed E-state index contributed by atoms with van der Waals surface area (Å²) < 4.78 is 11.9. The van der Waals surface area contributed by atoms with Gasteiger partial charge in [0.15, 0.2) is 0 Å². The number of aryl methyl sites for hydroxylation is 1. The van der Waals surface area contributed by atoms with Crippen LogP contribution in [0.3, 0.4) is 0 Å². The number of pyridine rings is 1. The fraction of sp³-hybridized carbons (Fsp3) is 0.579. The van der Waals surface area contributed by atoms with Gasteiger partial charge in [0.05, 0.1) is 19.5 Å². The molecule has 0 N–H and O–H groups in total. The first-order valence-electron chi connectivity index (χ1n) is 8.58. The van der Waals surface area contributed by atoms with E-state index >= 15 is 0 Å². The number of ether oxygens (including phenoxy) is 2. The molecule has 0 aliphatic rings. The molecule has 0 spiro atoms. The lowest BCUT2D eigenvalue weighted by Gasteiger charge is -2.20. The molecular weight excluding hydrogens is 306 g/mol. The highest BCUT2D eigenvalue weighted by molar-refractivity contribution is 5.74. The second-order valence-electron chi connectivity index (χ2n) is 6.15. The molecule has 0 amide bonds. The summed E-state index contributed by atoms with van der Waals surface area (Å²) in [5, 5.41) is 0. The summed E-state index contributed by atoms with van der Waals surface area (Å²) in [6.07, 6.45) is 6.54. The van der Waals surface area contributed by atoms with Crippen LogP contribution in [0.15, 0.2) is 23.3 Å². The minimum absolute atomic E-state index is 0.192. The van der Waals surface area contributed by atoms with Crippen molar-refractivity contribution in [3.05, 3.63) is 40.0 Å². The summed E-state index contributed by atoms with van der Waals surface area (Å²) in [4.78, 5) is 24.8. The summed E-state index contributed by atoms with van der Waals surface area (Å²) in [7, 11) is 0. The fourth-order valence-electron chi connectivity index (χ4n) is 2.39. The molecule has 1 unspecified atom stereocenters. The first-order valence-corrected chi connectivity index (χ1v) is 8.58. The van der Waals surface area contributed by atoms with Crippen LogP contribution in [0.1, 0.15) is 57.7 Å². The zero-order chi connectivity index (χ0) is 18.1. The molecule has 5 heteroatoms. The third kappa shape index (κ3) is 5.87. The molecule has 0 bridgehead atoms. The minimum Gasteiger partial charge on any atom is -0.501 e. The summed E-state index contributed by atoms with van der Waals surface area (Å²) in [6, 6.07) is 0.951. The number of aromatic nitrogens is 1. The van der Waals surface area contributed by atoms with Crippen molar-refractivity contribution in [3.63, 3.8) is 0 Å². The van der Waals surface area contributed by atoms with Crippen molar-refractivity contribution in [3.8, 4) is 0 Å². The van der Waals surface area contributed by atoms with E-state index in [9.17, 15) is 9.59 Å². The van der Waals surface area contributed by atoms with Gasteiger partial charge < -0.3 is 14.0 Å². The fourth-order valence-corrected chi connectivity index (χ4v) is 2.39. The van der Waals surface area contributed by atoms with Crippen molar-refractivity contribution in [1.82, 2.24) is 4.57 Å². The number of hydrogen-bond acceptors (Lipinski definition) is 4. The van der Waals surface area contributed by atoms with Crippen molar-refractivity contribution in [2.24, 2.45) is 5.92 Å². The maximum Gasteiger partial charge on any atom is 0.329 e. The second kappa shape index (κ2) is 9.96. The highest BCUT2D eigenvalue weighted by atomic mass is 16.5. The summed E-state index contributed by atoms with van der Waals surface area (Å²) in [5.74, 6) is 0.0873. The Hall–Kier alpha value is -2.04. The van der Waals surface area contributed by atoms with Crippen molar-refractivity contribution in [1.29, 1.82) is 0 Å². The Labute approximate surface area is 144 Å². The van der Waals surface area contributed by atoms with E-state index in [1.165, 1.54) is 4.57 Å². The van der Waals surface area contributed by atoms with Crippen LogP contribution in [0.2, 0.25) is 0 Å². The topological polar surface area (TPSA) is 57.5 Å². The van der Waals surface area contributed by atoms with Crippen LogP contribution in [0, 0.1) is 12.8 Å². The number of nitrogens with zero attached hydrogens (tertiary/aromatic N) is 1. The van der Waals surface area contributed by atoms with Gasteiger partial charge in [0, 0.05) is 12.3 Å². The molecule has 1 heterocycles. The predicted molar refractivity (Wildman–Crippen MR) is 95.8 cm³/mol. The molecule has 134 valence electrons. The molecule has 0 aromatic carbocycles. The Morgan fingerprint density at radius 2 is 1.96 bits per heavy atom. The molecule has 1 aromatic rings. The molecule has 0 saturated carbocycles. The number of carbonyl (C=O) groups is 1. The monoisotopic (exact) mass is 335 g/mol. The van der Waals surface area contributed by atoms with Gasteiger partial charge in [0.1, 0.15) is 6.04 Å². The third-order valence-corrected chi connectivity index (χ3v) is 3.75. The molecule has 0 aliphatic carbocycles. The average Bonchev–Trinajstić information content (AvgIpc) is 2.51. The van der Waals surface area contributed by atoms with Gasteiger partial charge in [-0.05, 0) is 56.7 Å². The second-order valence-corrected chi connectivity index (χ2v) is 6.15. The smallest absolute Gasteiger partial charge is 0.329 e. The van der Waals surface area contributed by atoms with Gasteiger partial charge in [0.25, 0.3) is 5.56 Å². The van der Waals surface area contributed by atoms with Crippen molar-refractivity contribution >= 4 is 12.0 Å². The van der Waals surface area contributed by atoms with Gasteiger partial charge in [-0.2, -0.15) is 0 Å². The van der Waals surface area contributed by atoms with Gasteiger partial charge in [-0.3, -0.25) is 4.79 Å². The van der Waals surface area contributed by atoms with Crippen molar-refractivity contribution in [2.45, 2.75) is 53.5 Å². The maximum atomic E-state index is 12.4. The lowest BCUT2D eigenvalue weighted by molar-refractivity contribution is -0.147. The van der Waals surface area contributed by atoms with E-state index in [0.717, 1.165) is 17.5 Å². The quantitative estimate of drug-likeness (QED) is 0.510. The van der Waals surface area contributed by atoms with Gasteiger partial charge >= 0.3 is 5.97 Å². The van der Waals surface area contributed by atoms with Crippen LogP contribution in [0.4, 0.5) is 0 Å². The number of hydrogen-bond donors (Lipinski definition) is 0. The van der Waals surface area contributed by atoms with Crippen LogP contribution >= 0.6 is 0 Å². The largest absolute Gasteiger partial charge is 0.501 e. The number of carbonyl (C=O) groups excluding carboxylic acids is 1. The molecule has 0 radical (unpaired) electrons. The van der Waals surface area contributed by atoms with E-state index in [1.54, 1.807) is 31.5 Å². The maximum absolute atomic E-state index is 12.4. The SMILES string of the molecule is CCO/C=C/c1cn(C(CCC(C)C)C(=O)OCC)c(=O)cc1C. The lowest BCUT2D eigenvalue weighted by atomic mass is 10.0. The first kappa shape index (κ1) is 20.0. The third-order valence-electron chi connectivity index (χ3n) is 3.75. The van der Waals surface area contributed by atoms with Crippen LogP contribution in [0.5, 0.6) is 0 Å². The van der Waals surface area contributed by atoms with Crippen molar-refractivity contribution < 1.29 is 14.3 Å². The highest BCUT2D eigenvalue weighted by Gasteiger charge is 2.23. The average molecular weight is 335 g/mol. The van der Waals surface area contributed by atoms with E-state index in [4.69, 9.17) is 9.47 Å². The normalized spacial score (nSPS) is 12.6. The molecule has 0 aliphatic heterocycles. The zero-order valence-corrected chi connectivity index (χ0v) is 15.4. The molecular formula is C19H29NO4. The van der Waals surface area contributed by atoms with Gasteiger partial charge in [-0.1, -0.05) is 13.8 Å². The van der Waals surface area contributed by atoms with Crippen LogP contribution < -0.4 is 5.56 Å². The van der Waals surface area contributed by atoms with Crippen LogP contribution in [-0.2, 0) is 14.3 Å². The Morgan fingerprint density at radius 3 is 2.54 bits per heavy atom. The Kier molecular flexibility index (Phi) is 8.30. The number of rotatable bonds is 9. The minimum atomic E-state index is -0.598. The standard InChI is InChI=1S/C19H29NO4/c1-6-23-11-10-16-13-20(18(21)12-15(16)5)17(9-8-14(3)4)19(22)24-7-2/h10-14,17H,6-9H2,1-5H3/b11-10+. The molecule has 5 nitrogen and oxygen atoms in total. The van der Waals surface area contributed by atoms with E-state index in [0.29, 0.717) is 25.6 Å². The molecule has 0 fully saturated rings. The summed E-state index contributed by atoms with van der Waals surface area (Å²) in [5.41, 5.74) is 1.50. The first-order chi connectivity index (χ1) is 11.4. The van der Waals surface area contributed by atoms with Gasteiger partial charge in [-0.15, -0.1) is 0 Å². The number of esters is 1. The van der Waals surface area contributed by atoms with Crippen LogP contribution in [-0.4, -0.2) is 23.8 Å². The van der Waals surface area contributed by atoms with E-state index < -0.39 is 6.04 Å². The molecule has 1 atom stereocenters. The molecule has 0 saturated heterocycles. The van der Waals surface area contributed by atoms with E-state index in [1.807, 2.05) is 13.8 Å². The Bertz CT molecular complexity index is 616. The van der Waals surface area contributed by atoms with Crippen molar-refractivity contribution in [2.75, 3.05) is 13.2 Å².